The fourth-order valence-corrected chi connectivity index (χ4v) is 6.52. The molecule has 0 atom stereocenters. The average molecular weight is 566 g/mol. The van der Waals surface area contributed by atoms with E-state index in [1.165, 1.54) is 49.4 Å². The van der Waals surface area contributed by atoms with Crippen LogP contribution in [0.2, 0.25) is 0 Å². The first-order chi connectivity index (χ1) is 21.9. The number of para-hydroxylation sites is 2. The van der Waals surface area contributed by atoms with Gasteiger partial charge in [0.05, 0.1) is 40.5 Å². The van der Waals surface area contributed by atoms with Crippen molar-refractivity contribution in [3.8, 4) is 0 Å². The van der Waals surface area contributed by atoms with Gasteiger partial charge in [-0.1, -0.05) is 121 Å². The highest BCUT2D eigenvalue weighted by Gasteiger charge is 2.20. The molecule has 0 unspecified atom stereocenters. The van der Waals surface area contributed by atoms with E-state index < -0.39 is 0 Å². The van der Waals surface area contributed by atoms with Crippen LogP contribution in [0, 0.1) is 0 Å². The first kappa shape index (κ1) is 26.0. The van der Waals surface area contributed by atoms with Crippen LogP contribution in [0.1, 0.15) is 24.0 Å². The van der Waals surface area contributed by atoms with Crippen LogP contribution in [-0.2, 0) is 6.54 Å². The number of nitrogens with zero attached hydrogens (tertiary/aromatic N) is 3. The van der Waals surface area contributed by atoms with Crippen molar-refractivity contribution in [1.29, 1.82) is 0 Å². The second-order valence-electron chi connectivity index (χ2n) is 11.2. The second-order valence-corrected chi connectivity index (χ2v) is 11.2. The van der Waals surface area contributed by atoms with Crippen LogP contribution in [-0.4, -0.2) is 14.8 Å². The number of aliphatic imine (C=N–C) groups is 1. The van der Waals surface area contributed by atoms with Gasteiger partial charge in [-0.3, -0.25) is 4.99 Å². The molecule has 0 saturated heterocycles. The van der Waals surface area contributed by atoms with Crippen LogP contribution in [0.3, 0.4) is 0 Å². The molecule has 0 spiro atoms. The minimum atomic E-state index is 0.614. The Morgan fingerprint density at radius 1 is 0.682 bits per heavy atom. The molecule has 0 fully saturated rings. The van der Waals surface area contributed by atoms with Gasteiger partial charge in [-0.2, -0.15) is 0 Å². The molecule has 2 aromatic heterocycles. The number of benzene rings is 5. The third-order valence-corrected chi connectivity index (χ3v) is 8.55. The lowest BCUT2D eigenvalue weighted by Gasteiger charge is -2.15. The third-order valence-electron chi connectivity index (χ3n) is 8.55. The fourth-order valence-electron chi connectivity index (χ4n) is 6.52. The zero-order valence-electron chi connectivity index (χ0n) is 24.4. The molecule has 0 bridgehead atoms. The maximum atomic E-state index is 5.01. The van der Waals surface area contributed by atoms with Crippen molar-refractivity contribution in [1.82, 2.24) is 9.13 Å². The van der Waals surface area contributed by atoms with Gasteiger partial charge in [0.1, 0.15) is 0 Å². The van der Waals surface area contributed by atoms with E-state index in [0.717, 1.165) is 29.6 Å². The van der Waals surface area contributed by atoms with Gasteiger partial charge in [-0.15, -0.1) is 5.73 Å². The Kier molecular flexibility index (Phi) is 6.64. The lowest BCUT2D eigenvalue weighted by Crippen LogP contribution is -2.00. The summed E-state index contributed by atoms with van der Waals surface area (Å²) in [6.07, 6.45) is 12.9. The van der Waals surface area contributed by atoms with E-state index in [-0.39, 0.29) is 0 Å². The smallest absolute Gasteiger partial charge is 0.0789 e. The Hall–Kier alpha value is -5.63. The molecule has 210 valence electrons. The van der Waals surface area contributed by atoms with E-state index >= 15 is 0 Å². The van der Waals surface area contributed by atoms with Gasteiger partial charge in [0.15, 0.2) is 0 Å². The Labute approximate surface area is 256 Å². The summed E-state index contributed by atoms with van der Waals surface area (Å²) in [7, 11) is 0. The van der Waals surface area contributed by atoms with E-state index in [0.29, 0.717) is 6.54 Å². The highest BCUT2D eigenvalue weighted by atomic mass is 15.0. The SMILES string of the molecule is C(=C/C(=N\Cc1ccccc1)c1ccccc1)=Cn1c2ccccc2c2ccc3c4ccccc4n(C4=CC=CCC4)c3c21. The molecule has 0 saturated carbocycles. The number of allylic oxidation sites excluding steroid dienone is 5. The average Bonchev–Trinajstić information content (AvgIpc) is 3.60. The van der Waals surface area contributed by atoms with E-state index in [1.807, 2.05) is 18.2 Å². The highest BCUT2D eigenvalue weighted by molar-refractivity contribution is 6.24. The third kappa shape index (κ3) is 4.52. The molecule has 1 aliphatic carbocycles. The molecule has 8 rings (SSSR count). The standard InChI is InChI=1S/C41H31N3/c1-4-15-30(16-5-1)29-42-37(31-17-6-2-7-18-31)23-14-28-43-38-24-12-10-21-33(38)35-26-27-36-34-22-11-13-25-39(34)44(41(36)40(35)43)32-19-8-3-9-20-32/h1-8,10-13,15-19,21-28H,9,20,29H2/b42-37+. The largest absolute Gasteiger partial charge is 0.311 e. The number of hydrogen-bond acceptors (Lipinski definition) is 1. The van der Waals surface area contributed by atoms with Gasteiger partial charge in [0.2, 0.25) is 0 Å². The van der Waals surface area contributed by atoms with Crippen LogP contribution in [0.5, 0.6) is 0 Å². The van der Waals surface area contributed by atoms with Crippen LogP contribution in [0.4, 0.5) is 0 Å². The number of aromatic nitrogens is 2. The minimum Gasteiger partial charge on any atom is -0.311 e. The summed E-state index contributed by atoms with van der Waals surface area (Å²) in [5, 5.41) is 5.01. The van der Waals surface area contributed by atoms with Crippen molar-refractivity contribution in [2.75, 3.05) is 0 Å². The van der Waals surface area contributed by atoms with E-state index in [9.17, 15) is 0 Å². The highest BCUT2D eigenvalue weighted by Crippen LogP contribution is 2.41. The van der Waals surface area contributed by atoms with E-state index in [4.69, 9.17) is 4.99 Å². The molecular formula is C41H31N3. The fraction of sp³-hybridized carbons (Fsp3) is 0.0732. The Morgan fingerprint density at radius 3 is 2.09 bits per heavy atom. The molecule has 1 aliphatic rings. The molecule has 0 aliphatic heterocycles. The molecule has 7 aromatic rings. The van der Waals surface area contributed by atoms with Gasteiger partial charge >= 0.3 is 0 Å². The zero-order chi connectivity index (χ0) is 29.3. The first-order valence-electron chi connectivity index (χ1n) is 15.2. The maximum absolute atomic E-state index is 5.01. The molecular weight excluding hydrogens is 534 g/mol. The molecule has 5 aromatic carbocycles. The molecule has 44 heavy (non-hydrogen) atoms. The Morgan fingerprint density at radius 2 is 1.34 bits per heavy atom. The number of rotatable bonds is 6. The number of hydrogen-bond donors (Lipinski definition) is 0. The summed E-state index contributed by atoms with van der Waals surface area (Å²) < 4.78 is 4.80. The Balaban J connectivity index is 1.38. The van der Waals surface area contributed by atoms with Gasteiger partial charge in [-0.05, 0) is 36.6 Å². The predicted octanol–water partition coefficient (Wildman–Crippen LogP) is 10.4. The molecule has 0 N–H and O–H groups in total. The normalized spacial score (nSPS) is 13.5. The van der Waals surface area contributed by atoms with Crippen LogP contribution >= 0.6 is 0 Å². The summed E-state index contributed by atoms with van der Waals surface area (Å²) in [5.41, 5.74) is 12.9. The predicted molar refractivity (Wildman–Crippen MR) is 187 cm³/mol. The lowest BCUT2D eigenvalue weighted by molar-refractivity contribution is 0.979. The summed E-state index contributed by atoms with van der Waals surface area (Å²) in [4.78, 5) is 5.01. The second kappa shape index (κ2) is 11.2. The van der Waals surface area contributed by atoms with Gasteiger partial charge in [0, 0.05) is 38.9 Å². The first-order valence-corrected chi connectivity index (χ1v) is 15.2. The van der Waals surface area contributed by atoms with Gasteiger partial charge < -0.3 is 9.13 Å². The van der Waals surface area contributed by atoms with E-state index in [2.05, 4.69) is 148 Å². The van der Waals surface area contributed by atoms with Crippen LogP contribution in [0.15, 0.2) is 156 Å². The summed E-state index contributed by atoms with van der Waals surface area (Å²) in [5.74, 6) is 0. The lowest BCUT2D eigenvalue weighted by atomic mass is 10.1. The summed E-state index contributed by atoms with van der Waals surface area (Å²) in [6, 6.07) is 42.8. The van der Waals surface area contributed by atoms with Crippen molar-refractivity contribution in [2.24, 2.45) is 4.99 Å². The maximum Gasteiger partial charge on any atom is 0.0789 e. The monoisotopic (exact) mass is 565 g/mol. The van der Waals surface area contributed by atoms with Crippen molar-refractivity contribution < 1.29 is 0 Å². The van der Waals surface area contributed by atoms with Gasteiger partial charge in [-0.25, -0.2) is 0 Å². The van der Waals surface area contributed by atoms with Gasteiger partial charge in [0.25, 0.3) is 0 Å². The summed E-state index contributed by atoms with van der Waals surface area (Å²) in [6.45, 7) is 0.614. The molecule has 0 amide bonds. The van der Waals surface area contributed by atoms with Crippen molar-refractivity contribution in [3.05, 3.63) is 162 Å². The molecule has 3 heteroatoms. The van der Waals surface area contributed by atoms with Crippen LogP contribution < -0.4 is 0 Å². The van der Waals surface area contributed by atoms with Crippen molar-refractivity contribution >= 4 is 61.2 Å². The molecule has 0 radical (unpaired) electrons. The number of fused-ring (bicyclic) bond motifs is 7. The molecule has 2 heterocycles. The topological polar surface area (TPSA) is 22.2 Å². The van der Waals surface area contributed by atoms with Crippen molar-refractivity contribution in [2.45, 2.75) is 19.4 Å². The molecule has 3 nitrogen and oxygen atoms in total. The Bertz CT molecular complexity index is 2320. The van der Waals surface area contributed by atoms with Crippen LogP contribution in [0.25, 0.3) is 55.5 Å². The quantitative estimate of drug-likeness (QED) is 0.141. The van der Waals surface area contributed by atoms with Crippen molar-refractivity contribution in [3.63, 3.8) is 0 Å². The summed E-state index contributed by atoms with van der Waals surface area (Å²) >= 11 is 0. The minimum absolute atomic E-state index is 0.614. The van der Waals surface area contributed by atoms with E-state index in [1.54, 1.807) is 0 Å². The zero-order valence-corrected chi connectivity index (χ0v) is 24.4.